The molecule has 0 aliphatic rings. The summed E-state index contributed by atoms with van der Waals surface area (Å²) in [5.41, 5.74) is 0.982. The normalized spacial score (nSPS) is 13.4. The van der Waals surface area contributed by atoms with E-state index in [0.29, 0.717) is 10.6 Å². The van der Waals surface area contributed by atoms with E-state index in [1.54, 1.807) is 12.1 Å². The molecule has 0 radical (unpaired) electrons. The monoisotopic (exact) mass is 354 g/mol. The Balaban J connectivity index is 2.56. The molecule has 0 amide bonds. The van der Waals surface area contributed by atoms with Crippen LogP contribution < -0.4 is 9.54 Å². The highest BCUT2D eigenvalue weighted by atomic mass is 32.2. The molecule has 5 nitrogen and oxygen atoms in total. The third kappa shape index (κ3) is 3.67. The summed E-state index contributed by atoms with van der Waals surface area (Å²) in [6.07, 6.45) is 0. The highest BCUT2D eigenvalue weighted by molar-refractivity contribution is 7.90. The third-order valence-electron chi connectivity index (χ3n) is 3.55. The number of rotatable bonds is 3. The van der Waals surface area contributed by atoms with Crippen molar-refractivity contribution < 1.29 is 13.2 Å². The predicted molar refractivity (Wildman–Crippen MR) is 92.5 cm³/mol. The molecule has 2 rings (SSSR count). The molecule has 0 bridgehead atoms. The van der Waals surface area contributed by atoms with Crippen LogP contribution in [0.5, 0.6) is 5.75 Å². The zero-order valence-electron chi connectivity index (χ0n) is 14.2. The van der Waals surface area contributed by atoms with Gasteiger partial charge in [0.1, 0.15) is 5.75 Å². The SMILES string of the molecule is COc1ccc(S(=O)(=O)/N=c2/sc(C(C)(C)C)c(C)n2C)cc1. The van der Waals surface area contributed by atoms with Gasteiger partial charge in [-0.3, -0.25) is 0 Å². The van der Waals surface area contributed by atoms with Gasteiger partial charge in [-0.25, -0.2) is 0 Å². The molecule has 23 heavy (non-hydrogen) atoms. The third-order valence-corrected chi connectivity index (χ3v) is 6.61. The molecule has 0 saturated carbocycles. The molecular formula is C16H22N2O3S2. The predicted octanol–water partition coefficient (Wildman–Crippen LogP) is 2.99. The van der Waals surface area contributed by atoms with E-state index < -0.39 is 10.0 Å². The molecular weight excluding hydrogens is 332 g/mol. The van der Waals surface area contributed by atoms with Gasteiger partial charge in [-0.15, -0.1) is 15.7 Å². The molecule has 1 aromatic heterocycles. The van der Waals surface area contributed by atoms with Crippen molar-refractivity contribution in [1.29, 1.82) is 0 Å². The zero-order chi connectivity index (χ0) is 17.4. The average molecular weight is 354 g/mol. The summed E-state index contributed by atoms with van der Waals surface area (Å²) in [6.45, 7) is 8.30. The number of thiazole rings is 1. The topological polar surface area (TPSA) is 60.7 Å². The summed E-state index contributed by atoms with van der Waals surface area (Å²) in [4.78, 5) is 1.76. The maximum Gasteiger partial charge on any atom is 0.285 e. The van der Waals surface area contributed by atoms with Crippen LogP contribution in [0.15, 0.2) is 33.6 Å². The fourth-order valence-corrected chi connectivity index (χ4v) is 4.61. The Hall–Kier alpha value is -1.60. The number of ether oxygens (including phenoxy) is 1. The maximum atomic E-state index is 12.5. The molecule has 1 aromatic carbocycles. The van der Waals surface area contributed by atoms with Crippen molar-refractivity contribution >= 4 is 21.4 Å². The van der Waals surface area contributed by atoms with Crippen LogP contribution in [0, 0.1) is 6.92 Å². The summed E-state index contributed by atoms with van der Waals surface area (Å²) in [7, 11) is -0.376. The van der Waals surface area contributed by atoms with E-state index in [1.807, 2.05) is 18.5 Å². The van der Waals surface area contributed by atoms with Crippen molar-refractivity contribution in [2.45, 2.75) is 38.0 Å². The minimum absolute atomic E-state index is 0.0514. The van der Waals surface area contributed by atoms with Crippen LogP contribution in [0.2, 0.25) is 0 Å². The second-order valence-corrected chi connectivity index (χ2v) is 8.93. The summed E-state index contributed by atoms with van der Waals surface area (Å²) in [6, 6.07) is 6.23. The smallest absolute Gasteiger partial charge is 0.285 e. The minimum atomic E-state index is -3.75. The van der Waals surface area contributed by atoms with Crippen molar-refractivity contribution in [3.8, 4) is 5.75 Å². The summed E-state index contributed by atoms with van der Waals surface area (Å²) in [5, 5.41) is 0. The van der Waals surface area contributed by atoms with Crippen LogP contribution in [0.3, 0.4) is 0 Å². The molecule has 0 atom stereocenters. The lowest BCUT2D eigenvalue weighted by Gasteiger charge is -2.17. The Kier molecular flexibility index (Phi) is 4.73. The van der Waals surface area contributed by atoms with Gasteiger partial charge in [0, 0.05) is 17.6 Å². The van der Waals surface area contributed by atoms with Crippen molar-refractivity contribution in [3.63, 3.8) is 0 Å². The van der Waals surface area contributed by atoms with Crippen LogP contribution in [0.1, 0.15) is 31.3 Å². The standard InChI is InChI=1S/C16H22N2O3S2/c1-11-14(16(2,3)4)22-15(18(11)5)17-23(19,20)13-9-7-12(21-6)8-10-13/h7-10H,1-6H3/b17-15+. The Morgan fingerprint density at radius 2 is 1.74 bits per heavy atom. The first-order valence-electron chi connectivity index (χ1n) is 7.18. The van der Waals surface area contributed by atoms with E-state index in [4.69, 9.17) is 4.74 Å². The Bertz CT molecular complexity index is 868. The van der Waals surface area contributed by atoms with Gasteiger partial charge in [0.05, 0.1) is 12.0 Å². The number of hydrogen-bond acceptors (Lipinski definition) is 4. The van der Waals surface area contributed by atoms with Crippen LogP contribution in [-0.4, -0.2) is 20.1 Å². The fourth-order valence-electron chi connectivity index (χ4n) is 2.21. The van der Waals surface area contributed by atoms with Gasteiger partial charge in [0.2, 0.25) is 4.80 Å². The first-order valence-corrected chi connectivity index (χ1v) is 9.44. The van der Waals surface area contributed by atoms with Crippen LogP contribution in [-0.2, 0) is 22.5 Å². The van der Waals surface area contributed by atoms with E-state index in [0.717, 1.165) is 10.6 Å². The highest BCUT2D eigenvalue weighted by Crippen LogP contribution is 2.28. The van der Waals surface area contributed by atoms with Gasteiger partial charge in [-0.05, 0) is 36.6 Å². The average Bonchev–Trinajstić information content (AvgIpc) is 2.75. The number of benzene rings is 1. The molecule has 0 N–H and O–H groups in total. The summed E-state index contributed by atoms with van der Waals surface area (Å²) >= 11 is 1.41. The molecule has 0 saturated heterocycles. The van der Waals surface area contributed by atoms with Gasteiger partial charge in [0.25, 0.3) is 10.0 Å². The van der Waals surface area contributed by atoms with Gasteiger partial charge in [-0.2, -0.15) is 8.42 Å². The second kappa shape index (κ2) is 6.13. The Morgan fingerprint density at radius 1 is 1.17 bits per heavy atom. The minimum Gasteiger partial charge on any atom is -0.497 e. The first kappa shape index (κ1) is 17.7. The van der Waals surface area contributed by atoms with Crippen LogP contribution in [0.25, 0.3) is 0 Å². The van der Waals surface area contributed by atoms with E-state index in [2.05, 4.69) is 25.2 Å². The number of nitrogens with zero attached hydrogens (tertiary/aromatic N) is 2. The van der Waals surface area contributed by atoms with E-state index in [-0.39, 0.29) is 10.3 Å². The summed E-state index contributed by atoms with van der Waals surface area (Å²) in [5.74, 6) is 0.608. The van der Waals surface area contributed by atoms with Gasteiger partial charge in [-0.1, -0.05) is 20.8 Å². The van der Waals surface area contributed by atoms with Crippen molar-refractivity contribution in [3.05, 3.63) is 39.6 Å². The molecule has 0 spiro atoms. The van der Waals surface area contributed by atoms with Crippen LogP contribution >= 0.6 is 11.3 Å². The number of sulfonamides is 1. The maximum absolute atomic E-state index is 12.5. The number of aromatic nitrogens is 1. The molecule has 0 fully saturated rings. The molecule has 126 valence electrons. The number of hydrogen-bond donors (Lipinski definition) is 0. The number of methoxy groups -OCH3 is 1. The van der Waals surface area contributed by atoms with Crippen molar-refractivity contribution in [2.75, 3.05) is 7.11 Å². The second-order valence-electron chi connectivity index (χ2n) is 6.35. The largest absolute Gasteiger partial charge is 0.497 e. The molecule has 2 aromatic rings. The van der Waals surface area contributed by atoms with E-state index >= 15 is 0 Å². The zero-order valence-corrected chi connectivity index (χ0v) is 15.9. The molecule has 0 aliphatic carbocycles. The summed E-state index contributed by atoms with van der Waals surface area (Å²) < 4.78 is 35.9. The Labute approximate surface area is 141 Å². The molecule has 0 aliphatic heterocycles. The fraction of sp³-hybridized carbons (Fsp3) is 0.438. The van der Waals surface area contributed by atoms with E-state index in [9.17, 15) is 8.42 Å². The highest BCUT2D eigenvalue weighted by Gasteiger charge is 2.22. The first-order chi connectivity index (χ1) is 10.6. The van der Waals surface area contributed by atoms with Gasteiger partial charge in [0.15, 0.2) is 0 Å². The van der Waals surface area contributed by atoms with Crippen molar-refractivity contribution in [2.24, 2.45) is 11.4 Å². The molecule has 1 heterocycles. The lowest BCUT2D eigenvalue weighted by atomic mass is 9.93. The van der Waals surface area contributed by atoms with Crippen LogP contribution in [0.4, 0.5) is 0 Å². The van der Waals surface area contributed by atoms with Gasteiger partial charge >= 0.3 is 0 Å². The lowest BCUT2D eigenvalue weighted by Crippen LogP contribution is -2.15. The lowest BCUT2D eigenvalue weighted by molar-refractivity contribution is 0.414. The van der Waals surface area contributed by atoms with Gasteiger partial charge < -0.3 is 9.30 Å². The van der Waals surface area contributed by atoms with Crippen molar-refractivity contribution in [1.82, 2.24) is 4.57 Å². The molecule has 7 heteroatoms. The Morgan fingerprint density at radius 3 is 2.17 bits per heavy atom. The molecule has 0 unspecified atom stereocenters. The quantitative estimate of drug-likeness (QED) is 0.851. The van der Waals surface area contributed by atoms with E-state index in [1.165, 1.54) is 30.6 Å².